The molecule has 0 saturated carbocycles. The predicted octanol–water partition coefficient (Wildman–Crippen LogP) is 2.55. The molecular formula is C9H9S. The minimum atomic E-state index is 0.708. The molecule has 0 spiro atoms. The van der Waals surface area contributed by atoms with Crippen LogP contribution in [0.3, 0.4) is 0 Å². The van der Waals surface area contributed by atoms with Crippen LogP contribution in [0.15, 0.2) is 24.3 Å². The molecule has 1 aromatic carbocycles. The Morgan fingerprint density at radius 1 is 1.30 bits per heavy atom. The zero-order valence-electron chi connectivity index (χ0n) is 5.92. The Labute approximate surface area is 66.9 Å². The molecule has 0 heterocycles. The molecular weight excluding hydrogens is 140 g/mol. The maximum atomic E-state index is 4.89. The van der Waals surface area contributed by atoms with Gasteiger partial charge in [0.05, 0.1) is 0 Å². The van der Waals surface area contributed by atoms with E-state index in [0.29, 0.717) is 4.86 Å². The number of hydrogen-bond acceptors (Lipinski definition) is 1. The lowest BCUT2D eigenvalue weighted by molar-refractivity contribution is 1.47. The summed E-state index contributed by atoms with van der Waals surface area (Å²) in [5.74, 6) is 0. The Bertz CT molecular complexity index is 233. The third-order valence-corrected chi connectivity index (χ3v) is 1.61. The van der Waals surface area contributed by atoms with Crippen LogP contribution in [0.1, 0.15) is 11.1 Å². The van der Waals surface area contributed by atoms with Gasteiger partial charge in [0.15, 0.2) is 0 Å². The second-order valence-corrected chi connectivity index (χ2v) is 2.78. The van der Waals surface area contributed by atoms with Crippen molar-refractivity contribution in [1.29, 1.82) is 0 Å². The number of rotatable bonds is 1. The van der Waals surface area contributed by atoms with E-state index in [1.54, 1.807) is 0 Å². The molecule has 10 heavy (non-hydrogen) atoms. The van der Waals surface area contributed by atoms with Crippen LogP contribution in [0.2, 0.25) is 0 Å². The van der Waals surface area contributed by atoms with Gasteiger partial charge in [-0.25, -0.2) is 0 Å². The summed E-state index contributed by atoms with van der Waals surface area (Å²) in [5, 5.41) is 0. The molecule has 0 bridgehead atoms. The molecule has 1 radical (unpaired) electrons. The third-order valence-electron chi connectivity index (χ3n) is 1.37. The van der Waals surface area contributed by atoms with Gasteiger partial charge in [0.25, 0.3) is 0 Å². The van der Waals surface area contributed by atoms with E-state index < -0.39 is 0 Å². The molecule has 0 amide bonds. The van der Waals surface area contributed by atoms with Gasteiger partial charge in [-0.2, -0.15) is 0 Å². The molecule has 0 N–H and O–H groups in total. The summed E-state index contributed by atoms with van der Waals surface area (Å²) in [7, 11) is 0. The minimum Gasteiger partial charge on any atom is -0.0843 e. The van der Waals surface area contributed by atoms with E-state index in [1.807, 2.05) is 24.3 Å². The van der Waals surface area contributed by atoms with Crippen LogP contribution in [-0.2, 0) is 0 Å². The summed E-state index contributed by atoms with van der Waals surface area (Å²) in [6.07, 6.45) is 0. The predicted molar refractivity (Wildman–Crippen MR) is 48.2 cm³/mol. The Hall–Kier alpha value is -0.690. The topological polar surface area (TPSA) is 0 Å². The van der Waals surface area contributed by atoms with Gasteiger partial charge in [0.1, 0.15) is 0 Å². The van der Waals surface area contributed by atoms with Crippen LogP contribution in [0.4, 0.5) is 0 Å². The fourth-order valence-corrected chi connectivity index (χ4v) is 0.876. The van der Waals surface area contributed by atoms with Crippen LogP contribution in [0.25, 0.3) is 0 Å². The summed E-state index contributed by atoms with van der Waals surface area (Å²) in [6.45, 7) is 5.72. The van der Waals surface area contributed by atoms with Crippen molar-refractivity contribution in [3.05, 3.63) is 42.3 Å². The van der Waals surface area contributed by atoms with E-state index in [-0.39, 0.29) is 0 Å². The van der Waals surface area contributed by atoms with Gasteiger partial charge in [-0.15, -0.1) is 0 Å². The highest BCUT2D eigenvalue weighted by Crippen LogP contribution is 2.03. The van der Waals surface area contributed by atoms with Crippen molar-refractivity contribution in [2.24, 2.45) is 0 Å². The second kappa shape index (κ2) is 2.93. The highest BCUT2D eigenvalue weighted by atomic mass is 32.1. The van der Waals surface area contributed by atoms with Crippen molar-refractivity contribution in [3.63, 3.8) is 0 Å². The Balaban J connectivity index is 3.00. The molecule has 0 aliphatic rings. The first-order chi connectivity index (χ1) is 4.70. The first kappa shape index (κ1) is 7.42. The fourth-order valence-electron chi connectivity index (χ4n) is 0.739. The molecule has 0 atom stereocenters. The number of benzene rings is 1. The molecule has 0 nitrogen and oxygen atoms in total. The Morgan fingerprint density at radius 2 is 1.80 bits per heavy atom. The first-order valence-electron chi connectivity index (χ1n) is 3.13. The summed E-state index contributed by atoms with van der Waals surface area (Å²) in [4.78, 5) is 0.708. The molecule has 1 heteroatoms. The van der Waals surface area contributed by atoms with E-state index in [1.165, 1.54) is 5.56 Å². The molecule has 0 unspecified atom stereocenters. The fraction of sp³-hybridized carbons (Fsp3) is 0.111. The summed E-state index contributed by atoms with van der Waals surface area (Å²) >= 11 is 4.89. The van der Waals surface area contributed by atoms with Gasteiger partial charge in [0.2, 0.25) is 0 Å². The maximum Gasteiger partial charge on any atom is 0.0228 e. The number of hydrogen-bond donors (Lipinski definition) is 0. The van der Waals surface area contributed by atoms with Crippen LogP contribution >= 0.6 is 12.2 Å². The zero-order chi connectivity index (χ0) is 7.56. The molecule has 0 aliphatic carbocycles. The highest BCUT2D eigenvalue weighted by molar-refractivity contribution is 7.81. The Morgan fingerprint density at radius 3 is 2.20 bits per heavy atom. The average molecular weight is 149 g/mol. The van der Waals surface area contributed by atoms with Gasteiger partial charge in [-0.3, -0.25) is 0 Å². The molecule has 0 saturated heterocycles. The van der Waals surface area contributed by atoms with Crippen molar-refractivity contribution < 1.29 is 0 Å². The van der Waals surface area contributed by atoms with Gasteiger partial charge < -0.3 is 0 Å². The number of thiocarbonyl (C=S) groups is 1. The molecule has 0 fully saturated rings. The SMILES string of the molecule is [CH2]C(=S)c1ccc(C)cc1. The summed E-state index contributed by atoms with van der Waals surface area (Å²) < 4.78 is 0. The van der Waals surface area contributed by atoms with Crippen LogP contribution in [0.5, 0.6) is 0 Å². The van der Waals surface area contributed by atoms with Crippen LogP contribution in [0, 0.1) is 13.8 Å². The second-order valence-electron chi connectivity index (χ2n) is 2.29. The van der Waals surface area contributed by atoms with Crippen molar-refractivity contribution in [2.45, 2.75) is 6.92 Å². The van der Waals surface area contributed by atoms with E-state index in [2.05, 4.69) is 13.8 Å². The highest BCUT2D eigenvalue weighted by Gasteiger charge is 1.91. The van der Waals surface area contributed by atoms with Crippen molar-refractivity contribution in [3.8, 4) is 0 Å². The summed E-state index contributed by atoms with van der Waals surface area (Å²) in [6, 6.07) is 8.05. The van der Waals surface area contributed by atoms with Gasteiger partial charge in [-0.05, 0) is 19.4 Å². The summed E-state index contributed by atoms with van der Waals surface area (Å²) in [5.41, 5.74) is 2.29. The maximum absolute atomic E-state index is 4.89. The van der Waals surface area contributed by atoms with Crippen LogP contribution in [-0.4, -0.2) is 4.86 Å². The lowest BCUT2D eigenvalue weighted by Gasteiger charge is -1.96. The van der Waals surface area contributed by atoms with E-state index in [9.17, 15) is 0 Å². The number of aryl methyl sites for hydroxylation is 1. The monoisotopic (exact) mass is 149 g/mol. The van der Waals surface area contributed by atoms with Gasteiger partial charge >= 0.3 is 0 Å². The first-order valence-corrected chi connectivity index (χ1v) is 3.54. The quantitative estimate of drug-likeness (QED) is 0.437. The van der Waals surface area contributed by atoms with E-state index in [4.69, 9.17) is 12.2 Å². The molecule has 1 aromatic rings. The Kier molecular flexibility index (Phi) is 2.17. The normalized spacial score (nSPS) is 9.40. The zero-order valence-corrected chi connectivity index (χ0v) is 6.74. The van der Waals surface area contributed by atoms with Gasteiger partial charge in [0, 0.05) is 4.86 Å². The molecule has 0 aromatic heterocycles. The minimum absolute atomic E-state index is 0.708. The molecule has 0 aliphatic heterocycles. The molecule has 51 valence electrons. The van der Waals surface area contributed by atoms with Crippen molar-refractivity contribution >= 4 is 17.1 Å². The standard InChI is InChI=1S/C9H9S/c1-7-3-5-9(6-4-7)8(2)10/h3-6H,2H2,1H3. The lowest BCUT2D eigenvalue weighted by atomic mass is 10.1. The third kappa shape index (κ3) is 1.64. The smallest absolute Gasteiger partial charge is 0.0228 e. The largest absolute Gasteiger partial charge is 0.0843 e. The average Bonchev–Trinajstić information content (AvgIpc) is 1.88. The lowest BCUT2D eigenvalue weighted by Crippen LogP contribution is -1.88. The van der Waals surface area contributed by atoms with Gasteiger partial charge in [-0.1, -0.05) is 42.0 Å². The molecule has 1 rings (SSSR count). The van der Waals surface area contributed by atoms with Crippen LogP contribution < -0.4 is 0 Å². The van der Waals surface area contributed by atoms with E-state index in [0.717, 1.165) is 5.56 Å². The van der Waals surface area contributed by atoms with Crippen molar-refractivity contribution in [1.82, 2.24) is 0 Å². The van der Waals surface area contributed by atoms with E-state index >= 15 is 0 Å². The van der Waals surface area contributed by atoms with Crippen molar-refractivity contribution in [2.75, 3.05) is 0 Å².